The molecule has 1 saturated heterocycles. The smallest absolute Gasteiger partial charge is 0.414 e. The summed E-state index contributed by atoms with van der Waals surface area (Å²) in [6.45, 7) is 1.90. The van der Waals surface area contributed by atoms with Gasteiger partial charge in [-0.15, -0.1) is 10.2 Å². The van der Waals surface area contributed by atoms with Crippen LogP contribution in [0.25, 0.3) is 22.7 Å². The molecule has 10 nitrogen and oxygen atoms in total. The van der Waals surface area contributed by atoms with Gasteiger partial charge in [0.05, 0.1) is 18.7 Å². The van der Waals surface area contributed by atoms with E-state index in [0.717, 1.165) is 0 Å². The zero-order chi connectivity index (χ0) is 22.7. The van der Waals surface area contributed by atoms with Crippen molar-refractivity contribution in [3.8, 4) is 22.7 Å². The second-order valence-electron chi connectivity index (χ2n) is 7.06. The highest BCUT2D eigenvalue weighted by Gasteiger charge is 2.33. The number of anilines is 1. The number of carbonyl (C=O) groups is 2. The third kappa shape index (κ3) is 4.57. The highest BCUT2D eigenvalue weighted by Crippen LogP contribution is 2.29. The van der Waals surface area contributed by atoms with E-state index < -0.39 is 24.0 Å². The summed E-state index contributed by atoms with van der Waals surface area (Å²) in [5.74, 6) is -0.299. The number of benzene rings is 1. The number of amides is 1. The SMILES string of the molecule is Cc1nnc(-c2ccc(-c3ccc(N4CC(COC(=O)CCN)OC4=O)cc3F)cn2)o1. The molecule has 0 spiro atoms. The fourth-order valence-corrected chi connectivity index (χ4v) is 3.18. The molecule has 4 rings (SSSR count). The predicted molar refractivity (Wildman–Crippen MR) is 110 cm³/mol. The molecule has 166 valence electrons. The van der Waals surface area contributed by atoms with E-state index in [0.29, 0.717) is 28.4 Å². The van der Waals surface area contributed by atoms with Crippen LogP contribution in [-0.4, -0.2) is 53.0 Å². The van der Waals surface area contributed by atoms with Crippen molar-refractivity contribution >= 4 is 17.7 Å². The van der Waals surface area contributed by atoms with Crippen LogP contribution in [-0.2, 0) is 14.3 Å². The summed E-state index contributed by atoms with van der Waals surface area (Å²) < 4.78 is 30.4. The maximum absolute atomic E-state index is 14.9. The van der Waals surface area contributed by atoms with Crippen LogP contribution in [0.5, 0.6) is 0 Å². The molecule has 2 aromatic heterocycles. The number of ether oxygens (including phenoxy) is 2. The number of nitrogens with two attached hydrogens (primary N) is 1. The molecule has 1 aliphatic heterocycles. The molecule has 3 heterocycles. The Morgan fingerprint density at radius 1 is 1.31 bits per heavy atom. The number of pyridine rings is 1. The molecule has 1 aromatic carbocycles. The Hall–Kier alpha value is -3.86. The van der Waals surface area contributed by atoms with Crippen molar-refractivity contribution in [2.24, 2.45) is 5.73 Å². The molecule has 11 heteroatoms. The molecule has 32 heavy (non-hydrogen) atoms. The van der Waals surface area contributed by atoms with Crippen molar-refractivity contribution < 1.29 is 27.9 Å². The molecule has 1 aliphatic rings. The minimum Gasteiger partial charge on any atom is -0.462 e. The summed E-state index contributed by atoms with van der Waals surface area (Å²) >= 11 is 0. The zero-order valence-electron chi connectivity index (χ0n) is 17.2. The molecular weight excluding hydrogens is 421 g/mol. The molecule has 0 radical (unpaired) electrons. The van der Waals surface area contributed by atoms with Crippen LogP contribution in [0, 0.1) is 12.7 Å². The van der Waals surface area contributed by atoms with E-state index in [-0.39, 0.29) is 32.0 Å². The number of carbonyl (C=O) groups excluding carboxylic acids is 2. The first kappa shape index (κ1) is 21.4. The number of hydrogen-bond acceptors (Lipinski definition) is 9. The average molecular weight is 441 g/mol. The lowest BCUT2D eigenvalue weighted by molar-refractivity contribution is -0.145. The summed E-state index contributed by atoms with van der Waals surface area (Å²) in [6.07, 6.45) is 0.305. The van der Waals surface area contributed by atoms with Gasteiger partial charge in [-0.25, -0.2) is 9.18 Å². The van der Waals surface area contributed by atoms with Crippen molar-refractivity contribution in [2.45, 2.75) is 19.4 Å². The van der Waals surface area contributed by atoms with Gasteiger partial charge in [0, 0.05) is 30.8 Å². The quantitative estimate of drug-likeness (QED) is 0.549. The van der Waals surface area contributed by atoms with E-state index in [1.54, 1.807) is 31.2 Å². The average Bonchev–Trinajstić information content (AvgIpc) is 3.38. The lowest BCUT2D eigenvalue weighted by Crippen LogP contribution is -2.27. The number of nitrogens with zero attached hydrogens (tertiary/aromatic N) is 4. The third-order valence-electron chi connectivity index (χ3n) is 4.74. The van der Waals surface area contributed by atoms with Gasteiger partial charge in [-0.3, -0.25) is 14.7 Å². The topological polar surface area (TPSA) is 134 Å². The largest absolute Gasteiger partial charge is 0.462 e. The molecule has 1 amide bonds. The fraction of sp³-hybridized carbons (Fsp3) is 0.286. The highest BCUT2D eigenvalue weighted by molar-refractivity contribution is 5.90. The summed E-state index contributed by atoms with van der Waals surface area (Å²) in [4.78, 5) is 29.2. The minimum absolute atomic E-state index is 0.0841. The molecule has 0 saturated carbocycles. The number of halogens is 1. The van der Waals surface area contributed by atoms with Gasteiger partial charge in [0.2, 0.25) is 5.89 Å². The normalized spacial score (nSPS) is 15.7. The van der Waals surface area contributed by atoms with Crippen LogP contribution in [0.3, 0.4) is 0 Å². The van der Waals surface area contributed by atoms with Gasteiger partial charge in [0.1, 0.15) is 18.1 Å². The van der Waals surface area contributed by atoms with E-state index in [4.69, 9.17) is 19.6 Å². The first-order valence-corrected chi connectivity index (χ1v) is 9.85. The van der Waals surface area contributed by atoms with Gasteiger partial charge in [0.15, 0.2) is 6.10 Å². The molecular formula is C21H20FN5O5. The van der Waals surface area contributed by atoms with Crippen molar-refractivity contribution in [3.63, 3.8) is 0 Å². The van der Waals surface area contributed by atoms with Gasteiger partial charge in [-0.1, -0.05) is 6.07 Å². The first-order valence-electron chi connectivity index (χ1n) is 9.85. The lowest BCUT2D eigenvalue weighted by Gasteiger charge is -2.14. The fourth-order valence-electron chi connectivity index (χ4n) is 3.18. The van der Waals surface area contributed by atoms with Crippen molar-refractivity contribution in [1.82, 2.24) is 15.2 Å². The Labute approximate surface area is 182 Å². The summed E-state index contributed by atoms with van der Waals surface area (Å²) in [6, 6.07) is 7.76. The van der Waals surface area contributed by atoms with Crippen molar-refractivity contribution in [2.75, 3.05) is 24.6 Å². The Morgan fingerprint density at radius 2 is 2.16 bits per heavy atom. The van der Waals surface area contributed by atoms with E-state index in [1.807, 2.05) is 0 Å². The third-order valence-corrected chi connectivity index (χ3v) is 4.74. The second-order valence-corrected chi connectivity index (χ2v) is 7.06. The van der Waals surface area contributed by atoms with E-state index in [1.165, 1.54) is 17.2 Å². The molecule has 1 fully saturated rings. The lowest BCUT2D eigenvalue weighted by atomic mass is 10.1. The van der Waals surface area contributed by atoms with Gasteiger partial charge in [-0.05, 0) is 24.3 Å². The number of cyclic esters (lactones) is 1. The molecule has 1 atom stereocenters. The monoisotopic (exact) mass is 441 g/mol. The second kappa shape index (κ2) is 9.10. The van der Waals surface area contributed by atoms with Crippen molar-refractivity contribution in [3.05, 3.63) is 48.2 Å². The predicted octanol–water partition coefficient (Wildman–Crippen LogP) is 2.46. The maximum Gasteiger partial charge on any atom is 0.414 e. The number of rotatable bonds is 7. The molecule has 2 N–H and O–H groups in total. The summed E-state index contributed by atoms with van der Waals surface area (Å²) in [5, 5.41) is 7.66. The summed E-state index contributed by atoms with van der Waals surface area (Å²) in [7, 11) is 0. The van der Waals surface area contributed by atoms with E-state index in [9.17, 15) is 14.0 Å². The van der Waals surface area contributed by atoms with Crippen LogP contribution >= 0.6 is 0 Å². The van der Waals surface area contributed by atoms with E-state index >= 15 is 0 Å². The summed E-state index contributed by atoms with van der Waals surface area (Å²) in [5.41, 5.74) is 6.96. The van der Waals surface area contributed by atoms with Crippen LogP contribution in [0.2, 0.25) is 0 Å². The molecule has 1 unspecified atom stereocenters. The Bertz CT molecular complexity index is 1130. The Morgan fingerprint density at radius 3 is 2.81 bits per heavy atom. The van der Waals surface area contributed by atoms with Crippen LogP contribution in [0.1, 0.15) is 12.3 Å². The van der Waals surface area contributed by atoms with Gasteiger partial charge in [0.25, 0.3) is 5.89 Å². The Kier molecular flexibility index (Phi) is 6.08. The highest BCUT2D eigenvalue weighted by atomic mass is 19.1. The van der Waals surface area contributed by atoms with E-state index in [2.05, 4.69) is 15.2 Å². The number of hydrogen-bond donors (Lipinski definition) is 1. The number of aromatic nitrogens is 3. The minimum atomic E-state index is -0.642. The standard InChI is InChI=1S/C21H20FN5O5/c1-12-25-26-20(31-12)18-5-2-13(9-24-18)16-4-3-14(8-17(16)22)27-10-15(32-21(27)29)11-30-19(28)6-7-23/h2-5,8-9,15H,6-7,10-11,23H2,1H3. The molecule has 0 aliphatic carbocycles. The number of esters is 1. The van der Waals surface area contributed by atoms with Gasteiger partial charge in [-0.2, -0.15) is 0 Å². The molecule has 0 bridgehead atoms. The van der Waals surface area contributed by atoms with Gasteiger partial charge < -0.3 is 19.6 Å². The maximum atomic E-state index is 14.9. The van der Waals surface area contributed by atoms with Crippen LogP contribution in [0.15, 0.2) is 40.9 Å². The van der Waals surface area contributed by atoms with Gasteiger partial charge >= 0.3 is 12.1 Å². The van der Waals surface area contributed by atoms with Crippen LogP contribution < -0.4 is 10.6 Å². The zero-order valence-corrected chi connectivity index (χ0v) is 17.2. The van der Waals surface area contributed by atoms with Crippen LogP contribution in [0.4, 0.5) is 14.9 Å². The first-order chi connectivity index (χ1) is 15.4. The Balaban J connectivity index is 1.45. The van der Waals surface area contributed by atoms with Crippen molar-refractivity contribution in [1.29, 1.82) is 0 Å². The molecule has 3 aromatic rings. The number of aryl methyl sites for hydroxylation is 1.